The number of thiazole rings is 1. The third-order valence-electron chi connectivity index (χ3n) is 20.0. The highest BCUT2D eigenvalue weighted by atomic mass is 32.1. The Labute approximate surface area is 528 Å². The van der Waals surface area contributed by atoms with Crippen LogP contribution < -0.4 is 30.6 Å². The fourth-order valence-corrected chi connectivity index (χ4v) is 15.9. The summed E-state index contributed by atoms with van der Waals surface area (Å²) in [4.78, 5) is 69.3. The highest BCUT2D eigenvalue weighted by molar-refractivity contribution is 7.13. The van der Waals surface area contributed by atoms with E-state index in [2.05, 4.69) is 59.8 Å². The van der Waals surface area contributed by atoms with E-state index in [1.807, 2.05) is 56.6 Å². The molecule has 6 atom stereocenters. The first-order valence-corrected chi connectivity index (χ1v) is 33.1. The molecular formula is C68H76FN13O8S. The van der Waals surface area contributed by atoms with Gasteiger partial charge in [0.05, 0.1) is 59.8 Å². The van der Waals surface area contributed by atoms with Crippen molar-refractivity contribution in [3.05, 3.63) is 116 Å². The van der Waals surface area contributed by atoms with Crippen LogP contribution in [0.1, 0.15) is 123 Å². The summed E-state index contributed by atoms with van der Waals surface area (Å²) in [5, 5.41) is 44.0. The first kappa shape index (κ1) is 59.4. The Morgan fingerprint density at radius 2 is 1.71 bits per heavy atom. The number of likely N-dealkylation sites (tertiary alicyclic amines) is 2. The van der Waals surface area contributed by atoms with Crippen LogP contribution in [0.15, 0.2) is 71.2 Å². The number of aryl methyl sites for hydroxylation is 1. The average molecular weight is 1250 g/mol. The number of halogens is 1. The van der Waals surface area contributed by atoms with Crippen molar-refractivity contribution >= 4 is 72.6 Å². The molecule has 6 aliphatic rings. The maximum atomic E-state index is 16.3. The lowest BCUT2D eigenvalue weighted by atomic mass is 9.83. The van der Waals surface area contributed by atoms with Crippen molar-refractivity contribution in [2.45, 2.75) is 140 Å². The predicted octanol–water partition coefficient (Wildman–Crippen LogP) is 8.63. The van der Waals surface area contributed by atoms with E-state index in [9.17, 15) is 19.8 Å². The molecule has 23 heteroatoms. The molecule has 0 spiro atoms. The minimum atomic E-state index is -1.05. The predicted molar refractivity (Wildman–Crippen MR) is 345 cm³/mol. The van der Waals surface area contributed by atoms with Crippen molar-refractivity contribution < 1.29 is 38.4 Å². The van der Waals surface area contributed by atoms with Gasteiger partial charge in [0.1, 0.15) is 41.9 Å². The summed E-state index contributed by atoms with van der Waals surface area (Å²) in [6, 6.07) is 13.6. The molecule has 2 bridgehead atoms. The van der Waals surface area contributed by atoms with Crippen LogP contribution in [0.5, 0.6) is 11.8 Å². The number of fused-ring (bicyclic) bond motifs is 7. The number of β-amino-alcohol motifs (C(OH)–C–C–N with tert-alkyl or cyclic N) is 1. The number of carbonyl (C=O) groups is 2. The smallest absolute Gasteiger partial charge is 0.319 e. The molecule has 10 heterocycles. The number of aliphatic hydroxyl groups is 2. The molecule has 21 nitrogen and oxygen atoms in total. The molecular weight excluding hydrogens is 1180 g/mol. The summed E-state index contributed by atoms with van der Waals surface area (Å²) in [6.07, 6.45) is 8.46. The Hall–Kier alpha value is -7.93. The molecule has 2 amide bonds. The first-order chi connectivity index (χ1) is 44.1. The number of H-pyrrole nitrogens is 2. The molecule has 6 N–H and O–H groups in total. The highest BCUT2D eigenvalue weighted by Gasteiger charge is 2.45. The van der Waals surface area contributed by atoms with E-state index < -0.39 is 41.6 Å². The van der Waals surface area contributed by atoms with E-state index in [-0.39, 0.29) is 73.4 Å². The molecule has 91 heavy (non-hydrogen) atoms. The maximum Gasteiger partial charge on any atom is 0.319 e. The van der Waals surface area contributed by atoms with Crippen molar-refractivity contribution in [2.75, 3.05) is 64.5 Å². The SMILES string of the molecule is Cc1ncsc1-c1ccc([C@H](CO)NC(=O)[C@@H]2C[C@@H](O)CN2C(=O)[C@H](C(C)C)n2cc3c(n2)c(=O)[nH]c2cc(COc4c(-c5c(C)c(F)cc6[nH]ncc56)c(C5CC5)cc5c(N6C[C@@H]7C[C@H]6CN7)nc(OC6CCOCC6)nc45)ccc23)c(C2CCN(C)CC2)c1. The molecule has 9 aromatic rings. The number of hydrogen-bond donors (Lipinski definition) is 6. The normalized spacial score (nSPS) is 21.5. The van der Waals surface area contributed by atoms with Gasteiger partial charge in [-0.15, -0.1) is 11.3 Å². The van der Waals surface area contributed by atoms with Crippen LogP contribution in [0.3, 0.4) is 0 Å². The van der Waals surface area contributed by atoms with Crippen molar-refractivity contribution in [3.8, 4) is 33.3 Å². The third kappa shape index (κ3) is 11.0. The van der Waals surface area contributed by atoms with Crippen LogP contribution in [0.4, 0.5) is 10.2 Å². The van der Waals surface area contributed by atoms with Crippen LogP contribution in [0, 0.1) is 25.6 Å². The monoisotopic (exact) mass is 1250 g/mol. The highest BCUT2D eigenvalue weighted by Crippen LogP contribution is 2.54. The Bertz CT molecular complexity index is 4380. The number of benzene rings is 4. The first-order valence-electron chi connectivity index (χ1n) is 32.2. The molecule has 15 rings (SSSR count). The van der Waals surface area contributed by atoms with Crippen molar-refractivity contribution in [1.29, 1.82) is 0 Å². The zero-order valence-corrected chi connectivity index (χ0v) is 52.6. The van der Waals surface area contributed by atoms with Gasteiger partial charge in [-0.25, -0.2) is 9.37 Å². The van der Waals surface area contributed by atoms with Crippen LogP contribution in [-0.4, -0.2) is 162 Å². The lowest BCUT2D eigenvalue weighted by Gasteiger charge is -2.33. The molecule has 6 fully saturated rings. The van der Waals surface area contributed by atoms with E-state index in [1.54, 1.807) is 30.7 Å². The van der Waals surface area contributed by atoms with E-state index in [0.717, 1.165) is 119 Å². The number of amides is 2. The molecule has 4 aromatic carbocycles. The number of carbonyl (C=O) groups excluding carboxylic acids is 2. The molecule has 1 aliphatic carbocycles. The van der Waals surface area contributed by atoms with Gasteiger partial charge in [-0.3, -0.25) is 24.2 Å². The van der Waals surface area contributed by atoms with Gasteiger partial charge in [-0.2, -0.15) is 20.2 Å². The number of nitrogens with one attached hydrogen (secondary N) is 4. The summed E-state index contributed by atoms with van der Waals surface area (Å²) in [7, 11) is 2.12. The zero-order chi connectivity index (χ0) is 62.5. The van der Waals surface area contributed by atoms with Gasteiger partial charge in [-0.05, 0) is 141 Å². The number of nitrogens with zero attached hydrogens (tertiary/aromatic N) is 9. The maximum absolute atomic E-state index is 16.3. The summed E-state index contributed by atoms with van der Waals surface area (Å²) in [5.41, 5.74) is 10.6. The number of ether oxygens (including phenoxy) is 3. The Kier molecular flexibility index (Phi) is 15.6. The fourth-order valence-electron chi connectivity index (χ4n) is 15.1. The Balaban J connectivity index is 0.751. The Morgan fingerprint density at radius 1 is 0.901 bits per heavy atom. The van der Waals surface area contributed by atoms with E-state index in [1.165, 1.54) is 15.6 Å². The second-order valence-electron chi connectivity index (χ2n) is 26.4. The number of aromatic nitrogens is 8. The average Bonchev–Trinajstić information content (AvgIpc) is 1.75. The second kappa shape index (κ2) is 24.0. The van der Waals surface area contributed by atoms with Crippen molar-refractivity contribution in [1.82, 2.24) is 60.3 Å². The second-order valence-corrected chi connectivity index (χ2v) is 27.3. The number of hydrogen-bond acceptors (Lipinski definition) is 17. The van der Waals surface area contributed by atoms with Crippen LogP contribution >= 0.6 is 11.3 Å². The van der Waals surface area contributed by atoms with E-state index >= 15 is 9.18 Å². The summed E-state index contributed by atoms with van der Waals surface area (Å²) < 4.78 is 37.4. The number of rotatable bonds is 17. The standard InChI is InChI=1S/C68H76FN13O8S/c1-34(2)61(67(87)81-29-43(84)23-56(81)65(85)74-55(31-83)45-11-9-40(63-36(4)71-33-91-63)21-47(45)39-12-16-79(5)17-13-39)82-30-51-46-10-6-37(20-53(46)73-66(86)60(51)78-82)32-89-62-58(57-35(3)52(69)25-54-50(57)27-72-77-54)48(38-7-8-38)24-49-59(62)75-68(90-44-14-18-88-19-15-44)76-64(49)80-28-41-22-42(80)26-70-41/h6,9-11,20-21,24-25,27,30,33-34,38-39,41-44,55-56,61,70,83-84H,7-8,12-19,22-23,26,28-29,31-32H2,1-5H3,(H,72,77)(H,73,86)(H,74,85)/t41-,42-,43+,55-,56-,61-/m0/s1. The van der Waals surface area contributed by atoms with Crippen LogP contribution in [-0.2, 0) is 20.9 Å². The lowest BCUT2D eigenvalue weighted by Crippen LogP contribution is -2.50. The molecule has 474 valence electrons. The minimum Gasteiger partial charge on any atom is -0.486 e. The molecule has 1 saturated carbocycles. The minimum absolute atomic E-state index is 0.00370. The van der Waals surface area contributed by atoms with Gasteiger partial charge in [0.15, 0.2) is 11.3 Å². The summed E-state index contributed by atoms with van der Waals surface area (Å²) in [6.45, 7) is 11.7. The number of anilines is 1. The summed E-state index contributed by atoms with van der Waals surface area (Å²) >= 11 is 1.58. The number of piperazine rings is 1. The molecule has 5 aliphatic heterocycles. The number of piperidine rings is 1. The number of aromatic amines is 2. The van der Waals surface area contributed by atoms with Gasteiger partial charge < -0.3 is 54.7 Å². The van der Waals surface area contributed by atoms with Gasteiger partial charge >= 0.3 is 6.01 Å². The third-order valence-corrected chi connectivity index (χ3v) is 21.0. The Morgan fingerprint density at radius 3 is 2.45 bits per heavy atom. The number of pyridine rings is 1. The quantitative estimate of drug-likeness (QED) is 0.0499. The molecule has 0 radical (unpaired) electrons. The molecule has 0 unspecified atom stereocenters. The van der Waals surface area contributed by atoms with E-state index in [0.29, 0.717) is 76.3 Å². The van der Waals surface area contributed by atoms with Crippen molar-refractivity contribution in [2.24, 2.45) is 5.92 Å². The lowest BCUT2D eigenvalue weighted by molar-refractivity contribution is -0.142. The van der Waals surface area contributed by atoms with Gasteiger partial charge in [0.2, 0.25) is 11.8 Å². The summed E-state index contributed by atoms with van der Waals surface area (Å²) in [5.74, 6) is -0.0260. The zero-order valence-electron chi connectivity index (χ0n) is 51.8. The molecule has 5 aromatic heterocycles. The van der Waals surface area contributed by atoms with E-state index in [4.69, 9.17) is 29.3 Å². The number of aliphatic hydroxyl groups excluding tert-OH is 2. The van der Waals surface area contributed by atoms with Gasteiger partial charge in [0.25, 0.3) is 5.56 Å². The van der Waals surface area contributed by atoms with Crippen molar-refractivity contribution in [3.63, 3.8) is 0 Å². The topological polar surface area (TPSA) is 254 Å². The fraction of sp³-hybridized carbons (Fsp3) is 0.471. The molecule has 5 saturated heterocycles. The van der Waals surface area contributed by atoms with Gasteiger partial charge in [-0.1, -0.05) is 38.1 Å². The largest absolute Gasteiger partial charge is 0.486 e. The van der Waals surface area contributed by atoms with Crippen LogP contribution in [0.25, 0.3) is 65.2 Å². The van der Waals surface area contributed by atoms with Gasteiger partial charge in [0, 0.05) is 95.4 Å². The van der Waals surface area contributed by atoms with Crippen LogP contribution in [0.2, 0.25) is 0 Å².